The number of rotatable bonds is 3. The summed E-state index contributed by atoms with van der Waals surface area (Å²) in [6.07, 6.45) is 0. The number of hydrogen-bond donors (Lipinski definition) is 1. The van der Waals surface area contributed by atoms with Crippen molar-refractivity contribution >= 4 is 12.4 Å². The fourth-order valence-electron chi connectivity index (χ4n) is 1.11. The number of benzene rings is 1. The summed E-state index contributed by atoms with van der Waals surface area (Å²) in [4.78, 5) is 0. The second kappa shape index (κ2) is 6.30. The minimum absolute atomic E-state index is 0. The van der Waals surface area contributed by atoms with Gasteiger partial charge in [-0.15, -0.1) is 5.46 Å². The summed E-state index contributed by atoms with van der Waals surface area (Å²) in [6, 6.07) is 5.37. The Morgan fingerprint density at radius 2 is 1.93 bits per heavy atom. The molecule has 1 nitrogen and oxygen atoms in total. The van der Waals surface area contributed by atoms with Gasteiger partial charge in [-0.1, -0.05) is 24.3 Å². The third-order valence-corrected chi connectivity index (χ3v) is 1.71. The van der Waals surface area contributed by atoms with Gasteiger partial charge in [-0.2, -0.15) is 0 Å². The number of halogens is 3. The molecule has 6 heteroatoms. The number of hydrogen-bond acceptors (Lipinski definition) is 1. The molecule has 0 heterocycles. The van der Waals surface area contributed by atoms with E-state index in [4.69, 9.17) is 0 Å². The summed E-state index contributed by atoms with van der Waals surface area (Å²) in [6.45, 7) is -4.41. The van der Waals surface area contributed by atoms with Crippen molar-refractivity contribution in [2.75, 3.05) is 7.05 Å². The van der Waals surface area contributed by atoms with Gasteiger partial charge in [-0.25, -0.2) is 0 Å². The van der Waals surface area contributed by atoms with Crippen LogP contribution in [-0.2, 0) is 6.54 Å². The number of nitrogens with one attached hydrogen (secondary N) is 1. The monoisotopic (exact) mass is 227 g/mol. The zero-order chi connectivity index (χ0) is 9.90. The van der Waals surface area contributed by atoms with E-state index in [1.807, 2.05) is 0 Å². The Bertz CT molecular complexity index is 290. The third-order valence-electron chi connectivity index (χ3n) is 1.71. The van der Waals surface area contributed by atoms with E-state index in [1.165, 1.54) is 12.1 Å². The van der Waals surface area contributed by atoms with Crippen LogP contribution in [0.4, 0.5) is 12.9 Å². The predicted octanol–water partition coefficient (Wildman–Crippen LogP) is -1.54. The Balaban J connectivity index is 0.00000169. The van der Waals surface area contributed by atoms with E-state index in [2.05, 4.69) is 5.32 Å². The van der Waals surface area contributed by atoms with Gasteiger partial charge < -0.3 is 18.3 Å². The molecule has 0 bridgehead atoms. The molecule has 0 radical (unpaired) electrons. The zero-order valence-corrected chi connectivity index (χ0v) is 11.4. The van der Waals surface area contributed by atoms with Crippen LogP contribution in [0.2, 0.25) is 0 Å². The van der Waals surface area contributed by atoms with Crippen LogP contribution in [0, 0.1) is 0 Å². The molecule has 0 aliphatic carbocycles. The van der Waals surface area contributed by atoms with Gasteiger partial charge >= 0.3 is 58.4 Å². The first-order valence-electron chi connectivity index (χ1n) is 3.97. The van der Waals surface area contributed by atoms with E-state index in [0.717, 1.165) is 6.07 Å². The molecule has 1 N–H and O–H groups in total. The van der Waals surface area contributed by atoms with Crippen LogP contribution in [-0.4, -0.2) is 14.0 Å². The zero-order valence-electron chi connectivity index (χ0n) is 8.23. The van der Waals surface area contributed by atoms with Crippen molar-refractivity contribution in [2.45, 2.75) is 6.54 Å². The molecular weight excluding hydrogens is 217 g/mol. The van der Waals surface area contributed by atoms with Gasteiger partial charge in [0.1, 0.15) is 0 Å². The third kappa shape index (κ3) is 4.46. The Morgan fingerprint density at radius 3 is 2.43 bits per heavy atom. The van der Waals surface area contributed by atoms with Crippen molar-refractivity contribution in [3.05, 3.63) is 29.8 Å². The second-order valence-corrected chi connectivity index (χ2v) is 2.85. The standard InChI is InChI=1S/C8H10BF3N.K/c1-13-6-7-3-2-4-8(5-7)9(10,11)12;/h2-5,13H,6H2,1H3;/q-1;+1. The maximum Gasteiger partial charge on any atom is 1.00 e. The van der Waals surface area contributed by atoms with Crippen molar-refractivity contribution < 1.29 is 64.3 Å². The Morgan fingerprint density at radius 1 is 1.29 bits per heavy atom. The van der Waals surface area contributed by atoms with Crippen LogP contribution in [0.25, 0.3) is 0 Å². The molecule has 0 atom stereocenters. The Kier molecular flexibility index (Phi) is 6.60. The molecule has 1 aromatic carbocycles. The minimum atomic E-state index is -4.87. The van der Waals surface area contributed by atoms with E-state index in [9.17, 15) is 12.9 Å². The summed E-state index contributed by atoms with van der Waals surface area (Å²) < 4.78 is 36.8. The Labute approximate surface area is 124 Å². The van der Waals surface area contributed by atoms with E-state index >= 15 is 0 Å². The van der Waals surface area contributed by atoms with Crippen molar-refractivity contribution in [3.63, 3.8) is 0 Å². The molecule has 72 valence electrons. The van der Waals surface area contributed by atoms with E-state index < -0.39 is 12.4 Å². The molecule has 14 heavy (non-hydrogen) atoms. The van der Waals surface area contributed by atoms with E-state index in [0.29, 0.717) is 12.1 Å². The van der Waals surface area contributed by atoms with Crippen molar-refractivity contribution in [2.24, 2.45) is 0 Å². The summed E-state index contributed by atoms with van der Waals surface area (Å²) in [7, 11) is 1.70. The summed E-state index contributed by atoms with van der Waals surface area (Å²) in [5, 5.41) is 2.80. The average Bonchev–Trinajstić information content (AvgIpc) is 2.04. The molecule has 1 aromatic rings. The first-order valence-corrected chi connectivity index (χ1v) is 3.97. The SMILES string of the molecule is CNCc1cccc([B-](F)(F)F)c1.[K+]. The normalized spacial score (nSPS) is 10.9. The predicted molar refractivity (Wildman–Crippen MR) is 47.9 cm³/mol. The molecule has 0 aliphatic rings. The largest absolute Gasteiger partial charge is 1.00 e. The smallest absolute Gasteiger partial charge is 0.445 e. The van der Waals surface area contributed by atoms with Crippen LogP contribution in [0.3, 0.4) is 0 Å². The summed E-state index contributed by atoms with van der Waals surface area (Å²) in [5.74, 6) is 0. The quantitative estimate of drug-likeness (QED) is 0.617. The summed E-state index contributed by atoms with van der Waals surface area (Å²) >= 11 is 0. The van der Waals surface area contributed by atoms with Crippen LogP contribution >= 0.6 is 0 Å². The van der Waals surface area contributed by atoms with Gasteiger partial charge in [0.05, 0.1) is 0 Å². The van der Waals surface area contributed by atoms with Crippen LogP contribution in [0.1, 0.15) is 5.56 Å². The van der Waals surface area contributed by atoms with Gasteiger partial charge in [-0.05, 0) is 12.6 Å². The molecule has 0 saturated carbocycles. The van der Waals surface area contributed by atoms with Gasteiger partial charge in [0.25, 0.3) is 0 Å². The van der Waals surface area contributed by atoms with Crippen LogP contribution < -0.4 is 62.2 Å². The molecule has 1 rings (SSSR count). The van der Waals surface area contributed by atoms with Crippen LogP contribution in [0.15, 0.2) is 24.3 Å². The molecule has 0 aliphatic heterocycles. The summed E-state index contributed by atoms with van der Waals surface area (Å²) in [5.41, 5.74) is 0.118. The molecule has 0 aromatic heterocycles. The topological polar surface area (TPSA) is 12.0 Å². The molecule has 0 unspecified atom stereocenters. The van der Waals surface area contributed by atoms with Crippen molar-refractivity contribution in [3.8, 4) is 0 Å². The molecule has 0 spiro atoms. The van der Waals surface area contributed by atoms with Gasteiger partial charge in [0.15, 0.2) is 0 Å². The van der Waals surface area contributed by atoms with Crippen molar-refractivity contribution in [1.82, 2.24) is 5.32 Å². The molecule has 0 amide bonds. The molecule has 0 fully saturated rings. The van der Waals surface area contributed by atoms with Crippen molar-refractivity contribution in [1.29, 1.82) is 0 Å². The van der Waals surface area contributed by atoms with Gasteiger partial charge in [-0.3, -0.25) is 0 Å². The maximum atomic E-state index is 12.3. The first-order chi connectivity index (χ1) is 6.04. The molecular formula is C8H10BF3KN. The fourth-order valence-corrected chi connectivity index (χ4v) is 1.11. The Hall–Kier alpha value is 0.671. The van der Waals surface area contributed by atoms with E-state index in [1.54, 1.807) is 13.1 Å². The maximum absolute atomic E-state index is 12.3. The van der Waals surface area contributed by atoms with E-state index in [-0.39, 0.29) is 51.4 Å². The van der Waals surface area contributed by atoms with Crippen LogP contribution in [0.5, 0.6) is 0 Å². The van der Waals surface area contributed by atoms with Gasteiger partial charge in [0, 0.05) is 6.54 Å². The molecule has 0 saturated heterocycles. The fraction of sp³-hybridized carbons (Fsp3) is 0.250. The first kappa shape index (κ1) is 14.7. The van der Waals surface area contributed by atoms with Gasteiger partial charge in [0.2, 0.25) is 0 Å². The average molecular weight is 227 g/mol. The minimum Gasteiger partial charge on any atom is -0.445 e. The second-order valence-electron chi connectivity index (χ2n) is 2.85.